The van der Waals surface area contributed by atoms with Crippen molar-refractivity contribution >= 4 is 21.7 Å². The van der Waals surface area contributed by atoms with Crippen LogP contribution in [-0.2, 0) is 0 Å². The Labute approximate surface area is 113 Å². The van der Waals surface area contributed by atoms with Crippen LogP contribution in [0.15, 0.2) is 36.4 Å². The SMILES string of the molecule is CCOc1cc2[nH]c(C(C)C)cc2c2ccccc12. The summed E-state index contributed by atoms with van der Waals surface area (Å²) < 4.78 is 5.78. The van der Waals surface area contributed by atoms with Crippen molar-refractivity contribution in [3.63, 3.8) is 0 Å². The lowest BCUT2D eigenvalue weighted by Gasteiger charge is -2.08. The lowest BCUT2D eigenvalue weighted by molar-refractivity contribution is 0.344. The number of hydrogen-bond donors (Lipinski definition) is 1. The molecule has 0 bridgehead atoms. The number of benzene rings is 2. The van der Waals surface area contributed by atoms with E-state index in [2.05, 4.69) is 55.2 Å². The lowest BCUT2D eigenvalue weighted by atomic mass is 10.0. The molecule has 98 valence electrons. The van der Waals surface area contributed by atoms with Gasteiger partial charge in [-0.05, 0) is 24.3 Å². The Morgan fingerprint density at radius 2 is 1.79 bits per heavy atom. The molecule has 2 nitrogen and oxygen atoms in total. The van der Waals surface area contributed by atoms with E-state index >= 15 is 0 Å². The third-order valence-corrected chi connectivity index (χ3v) is 3.55. The van der Waals surface area contributed by atoms with E-state index in [1.54, 1.807) is 0 Å². The summed E-state index contributed by atoms with van der Waals surface area (Å²) in [6, 6.07) is 12.8. The highest BCUT2D eigenvalue weighted by atomic mass is 16.5. The van der Waals surface area contributed by atoms with Gasteiger partial charge in [-0.2, -0.15) is 0 Å². The molecule has 0 aliphatic rings. The molecule has 3 rings (SSSR count). The smallest absolute Gasteiger partial charge is 0.129 e. The number of fused-ring (bicyclic) bond motifs is 3. The predicted octanol–water partition coefficient (Wildman–Crippen LogP) is 4.84. The van der Waals surface area contributed by atoms with E-state index in [1.165, 1.54) is 21.9 Å². The molecule has 3 aromatic rings. The number of hydrogen-bond acceptors (Lipinski definition) is 1. The van der Waals surface area contributed by atoms with Crippen molar-refractivity contribution in [3.05, 3.63) is 42.1 Å². The average Bonchev–Trinajstić information content (AvgIpc) is 2.83. The van der Waals surface area contributed by atoms with Gasteiger partial charge in [-0.1, -0.05) is 38.1 Å². The standard InChI is InChI=1S/C17H19NO/c1-4-19-17-10-16-14(9-15(18-16)11(2)3)12-7-5-6-8-13(12)17/h5-11,18H,4H2,1-3H3. The van der Waals surface area contributed by atoms with Crippen LogP contribution in [0.5, 0.6) is 5.75 Å². The molecule has 0 aliphatic carbocycles. The third kappa shape index (κ3) is 1.97. The van der Waals surface area contributed by atoms with Gasteiger partial charge >= 0.3 is 0 Å². The topological polar surface area (TPSA) is 25.0 Å². The Morgan fingerprint density at radius 1 is 1.05 bits per heavy atom. The first-order valence-corrected chi connectivity index (χ1v) is 6.88. The number of nitrogens with one attached hydrogen (secondary N) is 1. The number of aromatic nitrogens is 1. The van der Waals surface area contributed by atoms with E-state index in [9.17, 15) is 0 Å². The van der Waals surface area contributed by atoms with Crippen LogP contribution in [-0.4, -0.2) is 11.6 Å². The molecular formula is C17H19NO. The van der Waals surface area contributed by atoms with Crippen LogP contribution in [0.25, 0.3) is 21.7 Å². The predicted molar refractivity (Wildman–Crippen MR) is 81.1 cm³/mol. The van der Waals surface area contributed by atoms with Gasteiger partial charge in [-0.15, -0.1) is 0 Å². The summed E-state index contributed by atoms with van der Waals surface area (Å²) in [5, 5.41) is 3.72. The maximum Gasteiger partial charge on any atom is 0.129 e. The minimum absolute atomic E-state index is 0.502. The van der Waals surface area contributed by atoms with Crippen LogP contribution >= 0.6 is 0 Å². The lowest BCUT2D eigenvalue weighted by Crippen LogP contribution is -1.92. The molecule has 1 heterocycles. The second-order valence-corrected chi connectivity index (χ2v) is 5.19. The number of aromatic amines is 1. The Hall–Kier alpha value is -1.96. The Bertz CT molecular complexity index is 725. The first kappa shape index (κ1) is 12.1. The van der Waals surface area contributed by atoms with Crippen molar-refractivity contribution in [2.45, 2.75) is 26.7 Å². The average molecular weight is 253 g/mol. The van der Waals surface area contributed by atoms with Gasteiger partial charge < -0.3 is 9.72 Å². The molecule has 0 aliphatic heterocycles. The zero-order valence-electron chi connectivity index (χ0n) is 11.7. The molecule has 0 unspecified atom stereocenters. The van der Waals surface area contributed by atoms with Crippen molar-refractivity contribution in [1.29, 1.82) is 0 Å². The van der Waals surface area contributed by atoms with Gasteiger partial charge in [-0.25, -0.2) is 0 Å². The van der Waals surface area contributed by atoms with E-state index in [1.807, 2.05) is 6.92 Å². The van der Waals surface area contributed by atoms with Crippen LogP contribution < -0.4 is 4.74 Å². The largest absolute Gasteiger partial charge is 0.493 e. The molecular weight excluding hydrogens is 234 g/mol. The van der Waals surface area contributed by atoms with Gasteiger partial charge in [0.15, 0.2) is 0 Å². The zero-order chi connectivity index (χ0) is 13.4. The van der Waals surface area contributed by atoms with Crippen LogP contribution in [0, 0.1) is 0 Å². The maximum atomic E-state index is 5.78. The Morgan fingerprint density at radius 3 is 2.47 bits per heavy atom. The zero-order valence-corrected chi connectivity index (χ0v) is 11.7. The summed E-state index contributed by atoms with van der Waals surface area (Å²) in [4.78, 5) is 3.51. The van der Waals surface area contributed by atoms with Crippen molar-refractivity contribution in [2.24, 2.45) is 0 Å². The van der Waals surface area contributed by atoms with Gasteiger partial charge in [0.2, 0.25) is 0 Å². The van der Waals surface area contributed by atoms with Crippen LogP contribution in [0.1, 0.15) is 32.4 Å². The monoisotopic (exact) mass is 253 g/mol. The molecule has 0 fully saturated rings. The first-order valence-electron chi connectivity index (χ1n) is 6.88. The molecule has 1 N–H and O–H groups in total. The minimum atomic E-state index is 0.502. The van der Waals surface area contributed by atoms with Crippen LogP contribution in [0.2, 0.25) is 0 Å². The molecule has 1 aromatic heterocycles. The van der Waals surface area contributed by atoms with E-state index in [0.29, 0.717) is 12.5 Å². The van der Waals surface area contributed by atoms with Crippen molar-refractivity contribution in [1.82, 2.24) is 4.98 Å². The molecule has 2 heteroatoms. The van der Waals surface area contributed by atoms with Crippen LogP contribution in [0.4, 0.5) is 0 Å². The molecule has 0 saturated heterocycles. The van der Waals surface area contributed by atoms with Gasteiger partial charge in [0, 0.05) is 28.0 Å². The normalized spacial score (nSPS) is 11.6. The molecule has 0 amide bonds. The minimum Gasteiger partial charge on any atom is -0.493 e. The summed E-state index contributed by atoms with van der Waals surface area (Å²) >= 11 is 0. The van der Waals surface area contributed by atoms with E-state index in [-0.39, 0.29) is 0 Å². The molecule has 0 saturated carbocycles. The van der Waals surface area contributed by atoms with Gasteiger partial charge in [0.25, 0.3) is 0 Å². The Balaban J connectivity index is 2.36. The second-order valence-electron chi connectivity index (χ2n) is 5.19. The number of H-pyrrole nitrogens is 1. The molecule has 0 atom stereocenters. The third-order valence-electron chi connectivity index (χ3n) is 3.55. The quantitative estimate of drug-likeness (QED) is 0.709. The number of ether oxygens (including phenoxy) is 1. The summed E-state index contributed by atoms with van der Waals surface area (Å²) in [5.74, 6) is 1.46. The van der Waals surface area contributed by atoms with E-state index in [0.717, 1.165) is 11.3 Å². The summed E-state index contributed by atoms with van der Waals surface area (Å²) in [7, 11) is 0. The summed E-state index contributed by atoms with van der Waals surface area (Å²) in [6.07, 6.45) is 0. The van der Waals surface area contributed by atoms with Gasteiger partial charge in [-0.3, -0.25) is 0 Å². The fourth-order valence-corrected chi connectivity index (χ4v) is 2.56. The van der Waals surface area contributed by atoms with Crippen molar-refractivity contribution in [2.75, 3.05) is 6.61 Å². The highest BCUT2D eigenvalue weighted by Gasteiger charge is 2.11. The van der Waals surface area contributed by atoms with Gasteiger partial charge in [0.1, 0.15) is 5.75 Å². The molecule has 0 radical (unpaired) electrons. The highest BCUT2D eigenvalue weighted by molar-refractivity contribution is 6.09. The van der Waals surface area contributed by atoms with Crippen LogP contribution in [0.3, 0.4) is 0 Å². The molecule has 0 spiro atoms. The number of rotatable bonds is 3. The van der Waals surface area contributed by atoms with Crippen molar-refractivity contribution in [3.8, 4) is 5.75 Å². The fourth-order valence-electron chi connectivity index (χ4n) is 2.56. The maximum absolute atomic E-state index is 5.78. The first-order chi connectivity index (χ1) is 9.20. The van der Waals surface area contributed by atoms with Gasteiger partial charge in [0.05, 0.1) is 6.61 Å². The molecule has 2 aromatic carbocycles. The van der Waals surface area contributed by atoms with Crippen molar-refractivity contribution < 1.29 is 4.74 Å². The summed E-state index contributed by atoms with van der Waals surface area (Å²) in [6.45, 7) is 7.12. The van der Waals surface area contributed by atoms with E-state index in [4.69, 9.17) is 4.74 Å². The molecule has 19 heavy (non-hydrogen) atoms. The second kappa shape index (κ2) is 4.61. The Kier molecular flexibility index (Phi) is 2.94. The highest BCUT2D eigenvalue weighted by Crippen LogP contribution is 2.34. The summed E-state index contributed by atoms with van der Waals surface area (Å²) in [5.41, 5.74) is 2.43. The van der Waals surface area contributed by atoms with E-state index < -0.39 is 0 Å². The fraction of sp³-hybridized carbons (Fsp3) is 0.294.